The number of anilines is 2. The number of aryl methyl sites for hydroxylation is 1. The van der Waals surface area contributed by atoms with Crippen molar-refractivity contribution in [3.63, 3.8) is 0 Å². The first-order chi connectivity index (χ1) is 16.8. The van der Waals surface area contributed by atoms with Crippen LogP contribution in [-0.2, 0) is 9.59 Å². The Morgan fingerprint density at radius 1 is 0.971 bits per heavy atom. The number of rotatable bonds is 8. The van der Waals surface area contributed by atoms with Crippen LogP contribution >= 0.6 is 23.2 Å². The number of ether oxygens (including phenoxy) is 2. The van der Waals surface area contributed by atoms with Gasteiger partial charge in [-0.1, -0.05) is 35.3 Å². The Labute approximate surface area is 212 Å². The third kappa shape index (κ3) is 7.24. The number of halogens is 2. The first kappa shape index (κ1) is 25.6. The number of nitrogens with zero attached hydrogens (tertiary/aromatic N) is 1. The molecule has 7 nitrogen and oxygen atoms in total. The minimum absolute atomic E-state index is 0.110. The molecular weight excluding hydrogens is 489 g/mol. The monoisotopic (exact) mass is 509 g/mol. The summed E-state index contributed by atoms with van der Waals surface area (Å²) in [6.45, 7) is 1.60. The lowest BCUT2D eigenvalue weighted by molar-refractivity contribution is -0.118. The predicted molar refractivity (Wildman–Crippen MR) is 137 cm³/mol. The van der Waals surface area contributed by atoms with Crippen molar-refractivity contribution in [3.05, 3.63) is 87.4 Å². The number of hydrogen-bond donors (Lipinski definition) is 2. The third-order valence-corrected chi connectivity index (χ3v) is 5.50. The van der Waals surface area contributed by atoms with Crippen molar-refractivity contribution in [2.45, 2.75) is 6.92 Å². The van der Waals surface area contributed by atoms with E-state index in [2.05, 4.69) is 10.6 Å². The van der Waals surface area contributed by atoms with E-state index >= 15 is 0 Å². The number of carbonyl (C=O) groups is 2. The van der Waals surface area contributed by atoms with E-state index in [1.54, 1.807) is 61.7 Å². The molecule has 0 saturated heterocycles. The highest BCUT2D eigenvalue weighted by molar-refractivity contribution is 6.32. The number of carbonyl (C=O) groups excluding carboxylic acids is 2. The Balaban J connectivity index is 1.62. The molecule has 0 aliphatic carbocycles. The van der Waals surface area contributed by atoms with Crippen LogP contribution in [0.1, 0.15) is 11.1 Å². The molecule has 0 fully saturated rings. The quantitative estimate of drug-likeness (QED) is 0.292. The zero-order valence-electron chi connectivity index (χ0n) is 18.9. The second-order valence-electron chi connectivity index (χ2n) is 7.34. The first-order valence-electron chi connectivity index (χ1n) is 10.3. The fourth-order valence-electron chi connectivity index (χ4n) is 2.92. The molecule has 35 heavy (non-hydrogen) atoms. The molecule has 0 aliphatic rings. The maximum atomic E-state index is 12.5. The fraction of sp³-hybridized carbons (Fsp3) is 0.115. The van der Waals surface area contributed by atoms with E-state index in [1.807, 2.05) is 13.0 Å². The lowest BCUT2D eigenvalue weighted by Gasteiger charge is -2.10. The van der Waals surface area contributed by atoms with E-state index in [9.17, 15) is 14.9 Å². The van der Waals surface area contributed by atoms with Crippen molar-refractivity contribution < 1.29 is 19.1 Å². The molecule has 0 aliphatic heterocycles. The van der Waals surface area contributed by atoms with Gasteiger partial charge in [-0.2, -0.15) is 5.26 Å². The van der Waals surface area contributed by atoms with Gasteiger partial charge in [-0.25, -0.2) is 0 Å². The summed E-state index contributed by atoms with van der Waals surface area (Å²) in [4.78, 5) is 24.7. The Morgan fingerprint density at radius 2 is 1.69 bits per heavy atom. The molecule has 0 saturated carbocycles. The smallest absolute Gasteiger partial charge is 0.266 e. The highest BCUT2D eigenvalue weighted by atomic mass is 35.5. The van der Waals surface area contributed by atoms with Crippen molar-refractivity contribution in [2.75, 3.05) is 24.4 Å². The normalized spacial score (nSPS) is 10.8. The Morgan fingerprint density at radius 3 is 2.31 bits per heavy atom. The van der Waals surface area contributed by atoms with E-state index in [0.717, 1.165) is 5.56 Å². The molecular formula is C26H21Cl2N3O4. The molecule has 9 heteroatoms. The average Bonchev–Trinajstić information content (AvgIpc) is 2.84. The molecule has 0 heterocycles. The fourth-order valence-corrected chi connectivity index (χ4v) is 3.35. The minimum atomic E-state index is -0.568. The van der Waals surface area contributed by atoms with Gasteiger partial charge in [0.25, 0.3) is 11.8 Å². The van der Waals surface area contributed by atoms with Gasteiger partial charge in [0.15, 0.2) is 6.61 Å². The van der Waals surface area contributed by atoms with Crippen LogP contribution in [0.2, 0.25) is 10.0 Å². The number of nitrogens with one attached hydrogen (secondary N) is 2. The summed E-state index contributed by atoms with van der Waals surface area (Å²) in [5, 5.41) is 15.5. The van der Waals surface area contributed by atoms with Gasteiger partial charge in [0.1, 0.15) is 23.1 Å². The molecule has 2 N–H and O–H groups in total. The summed E-state index contributed by atoms with van der Waals surface area (Å²) >= 11 is 12.3. The van der Waals surface area contributed by atoms with Gasteiger partial charge in [0, 0.05) is 16.4 Å². The van der Waals surface area contributed by atoms with Crippen LogP contribution in [0.25, 0.3) is 6.08 Å². The van der Waals surface area contributed by atoms with Crippen LogP contribution in [0.3, 0.4) is 0 Å². The molecule has 2 amide bonds. The van der Waals surface area contributed by atoms with E-state index < -0.39 is 5.91 Å². The summed E-state index contributed by atoms with van der Waals surface area (Å²) in [5.41, 5.74) is 2.38. The molecule has 3 aromatic carbocycles. The zero-order chi connectivity index (χ0) is 25.4. The van der Waals surface area contributed by atoms with Crippen LogP contribution in [0.4, 0.5) is 11.4 Å². The molecule has 0 radical (unpaired) electrons. The van der Waals surface area contributed by atoms with Crippen molar-refractivity contribution in [1.82, 2.24) is 0 Å². The summed E-state index contributed by atoms with van der Waals surface area (Å²) in [5.74, 6) is -0.0240. The molecule has 0 spiro atoms. The van der Waals surface area contributed by atoms with Crippen molar-refractivity contribution in [1.29, 1.82) is 5.26 Å². The average molecular weight is 510 g/mol. The standard InChI is InChI=1S/C26H21Cl2N3O4/c1-16-3-5-20(13-22(16)27)30-25(32)15-35-24-10-4-17(12-23(24)28)11-18(14-29)26(33)31-19-6-8-21(34-2)9-7-19/h3-13H,15H2,1-2H3,(H,30,32)(H,31,33)/b18-11-. The Kier molecular flexibility index (Phi) is 8.74. The number of methoxy groups -OCH3 is 1. The van der Waals surface area contributed by atoms with Crippen LogP contribution in [0, 0.1) is 18.3 Å². The highest BCUT2D eigenvalue weighted by Crippen LogP contribution is 2.27. The van der Waals surface area contributed by atoms with Gasteiger partial charge >= 0.3 is 0 Å². The van der Waals surface area contributed by atoms with E-state index in [4.69, 9.17) is 32.7 Å². The minimum Gasteiger partial charge on any atom is -0.497 e. The maximum Gasteiger partial charge on any atom is 0.266 e. The first-order valence-corrected chi connectivity index (χ1v) is 11.1. The molecule has 3 rings (SSSR count). The van der Waals surface area contributed by atoms with Crippen LogP contribution in [0.5, 0.6) is 11.5 Å². The summed E-state index contributed by atoms with van der Waals surface area (Å²) < 4.78 is 10.6. The Hall–Kier alpha value is -3.99. The van der Waals surface area contributed by atoms with Gasteiger partial charge in [0.05, 0.1) is 12.1 Å². The molecule has 0 unspecified atom stereocenters. The van der Waals surface area contributed by atoms with Crippen LogP contribution in [0.15, 0.2) is 66.2 Å². The SMILES string of the molecule is COc1ccc(NC(=O)/C(C#N)=C\c2ccc(OCC(=O)Nc3ccc(C)c(Cl)c3)c(Cl)c2)cc1. The summed E-state index contributed by atoms with van der Waals surface area (Å²) in [6.07, 6.45) is 1.41. The second kappa shape index (κ2) is 11.9. The summed E-state index contributed by atoms with van der Waals surface area (Å²) in [7, 11) is 1.54. The highest BCUT2D eigenvalue weighted by Gasteiger charge is 2.12. The van der Waals surface area contributed by atoms with Crippen LogP contribution in [-0.4, -0.2) is 25.5 Å². The topological polar surface area (TPSA) is 100 Å². The molecule has 3 aromatic rings. The van der Waals surface area contributed by atoms with E-state index in [1.165, 1.54) is 12.1 Å². The zero-order valence-corrected chi connectivity index (χ0v) is 20.4. The van der Waals surface area contributed by atoms with Gasteiger partial charge in [-0.3, -0.25) is 9.59 Å². The Bertz CT molecular complexity index is 1320. The lowest BCUT2D eigenvalue weighted by Crippen LogP contribution is -2.20. The second-order valence-corrected chi connectivity index (χ2v) is 8.16. The molecule has 0 bridgehead atoms. The largest absolute Gasteiger partial charge is 0.497 e. The van der Waals surface area contributed by atoms with Crippen LogP contribution < -0.4 is 20.1 Å². The molecule has 178 valence electrons. The maximum absolute atomic E-state index is 12.5. The van der Waals surface area contributed by atoms with Gasteiger partial charge in [-0.05, 0) is 72.7 Å². The van der Waals surface area contributed by atoms with Gasteiger partial charge < -0.3 is 20.1 Å². The number of benzene rings is 3. The van der Waals surface area contributed by atoms with E-state index in [-0.39, 0.29) is 28.9 Å². The van der Waals surface area contributed by atoms with Crippen molar-refractivity contribution in [2.24, 2.45) is 0 Å². The number of amides is 2. The third-order valence-electron chi connectivity index (χ3n) is 4.79. The van der Waals surface area contributed by atoms with Gasteiger partial charge in [0.2, 0.25) is 0 Å². The summed E-state index contributed by atoms with van der Waals surface area (Å²) in [6, 6.07) is 18.5. The van der Waals surface area contributed by atoms with E-state index in [0.29, 0.717) is 27.7 Å². The number of hydrogen-bond acceptors (Lipinski definition) is 5. The van der Waals surface area contributed by atoms with Crippen molar-refractivity contribution >= 4 is 52.5 Å². The molecule has 0 aromatic heterocycles. The van der Waals surface area contributed by atoms with Crippen molar-refractivity contribution in [3.8, 4) is 17.6 Å². The lowest BCUT2D eigenvalue weighted by atomic mass is 10.1. The predicted octanol–water partition coefficient (Wildman–Crippen LogP) is 5.87. The van der Waals surface area contributed by atoms with Gasteiger partial charge in [-0.15, -0.1) is 0 Å². The number of nitriles is 1. The molecule has 0 atom stereocenters.